The maximum Gasteiger partial charge on any atom is 0 e. The maximum absolute atomic E-state index is 3.25. The molecular weight excluding hydrogens is 299 g/mol. The van der Waals surface area contributed by atoms with Crippen LogP contribution in [0.1, 0.15) is 27.2 Å². The second kappa shape index (κ2) is 41.1. The van der Waals surface area contributed by atoms with E-state index in [1.807, 2.05) is 12.2 Å². The molecule has 0 saturated carbocycles. The zero-order valence-electron chi connectivity index (χ0n) is 8.35. The van der Waals surface area contributed by atoms with Gasteiger partial charge in [-0.1, -0.05) is 0 Å². The second-order valence-electron chi connectivity index (χ2n) is 1.00. The molecule has 80 valence electrons. The van der Waals surface area contributed by atoms with Gasteiger partial charge in [0, 0.05) is 37.3 Å². The molecule has 1 rings (SSSR count). The quantitative estimate of drug-likeness (QED) is 0.595. The molecule has 0 aromatic carbocycles. The molecule has 0 N–H and O–H groups in total. The van der Waals surface area contributed by atoms with Crippen molar-refractivity contribution in [2.45, 2.75) is 27.2 Å². The average Bonchev–Trinajstić information content (AvgIpc) is 2.71. The molecule has 1 aliphatic carbocycles. The summed E-state index contributed by atoms with van der Waals surface area (Å²) < 4.78 is 0. The molecule has 0 aliphatic heterocycles. The summed E-state index contributed by atoms with van der Waals surface area (Å²) in [6, 6.07) is 0. The van der Waals surface area contributed by atoms with Gasteiger partial charge in [0.05, 0.1) is 0 Å². The third kappa shape index (κ3) is 30.9. The van der Waals surface area contributed by atoms with Crippen LogP contribution in [-0.2, 0) is 0 Å². The molecule has 0 bridgehead atoms. The molecule has 0 aromatic rings. The van der Waals surface area contributed by atoms with Crippen molar-refractivity contribution in [3.05, 3.63) is 45.1 Å². The molecule has 0 nitrogen and oxygen atoms in total. The van der Waals surface area contributed by atoms with Crippen LogP contribution in [0, 0.1) is 64.2 Å². The topological polar surface area (TPSA) is 0 Å². The normalized spacial score (nSPS) is 8.83. The first-order valence-electron chi connectivity index (χ1n) is 3.84. The second-order valence-corrected chi connectivity index (χ2v) is 1.00. The van der Waals surface area contributed by atoms with E-state index < -0.39 is 0 Å². The number of rotatable bonds is 0. The fourth-order valence-corrected chi connectivity index (χ4v) is 0.340. The van der Waals surface area contributed by atoms with E-state index in [1.165, 1.54) is 0 Å². The van der Waals surface area contributed by atoms with Gasteiger partial charge in [-0.25, -0.2) is 12.2 Å². The third-order valence-corrected chi connectivity index (χ3v) is 0.586. The molecule has 0 amide bonds. The molecule has 0 fully saturated rings. The van der Waals surface area contributed by atoms with Crippen LogP contribution in [0.15, 0.2) is 18.2 Å². The molecule has 1 heteroatoms. The van der Waals surface area contributed by atoms with E-state index in [0.29, 0.717) is 0 Å². The van der Waals surface area contributed by atoms with Crippen LogP contribution in [0.2, 0.25) is 0 Å². The van der Waals surface area contributed by atoms with Crippen molar-refractivity contribution in [2.75, 3.05) is 0 Å². The summed E-state index contributed by atoms with van der Waals surface area (Å²) in [6.07, 6.45) is 10.0. The van der Waals surface area contributed by atoms with Gasteiger partial charge in [-0.15, -0.1) is 6.42 Å². The van der Waals surface area contributed by atoms with Crippen molar-refractivity contribution >= 4 is 0 Å². The fourth-order valence-electron chi connectivity index (χ4n) is 0.340. The summed E-state index contributed by atoms with van der Waals surface area (Å²) in [5.74, 6) is 0. The molecule has 0 unspecified atom stereocenters. The Morgan fingerprint density at radius 3 is 1.50 bits per heavy atom. The zero-order chi connectivity index (χ0) is 9.54. The third-order valence-electron chi connectivity index (χ3n) is 0.586. The SMILES string of the molecule is [C-]1=CC=CC1.[CH2-]C.[CH2-]C.[CH2-]C.[Er]. The molecule has 0 spiro atoms. The Labute approximate surface area is 109 Å². The molecule has 0 heterocycles. The van der Waals surface area contributed by atoms with Crippen LogP contribution in [-0.4, -0.2) is 0 Å². The summed E-state index contributed by atoms with van der Waals surface area (Å²) in [4.78, 5) is 0. The van der Waals surface area contributed by atoms with E-state index in [9.17, 15) is 0 Å². The minimum atomic E-state index is 0. The molecule has 0 atom stereocenters. The van der Waals surface area contributed by atoms with E-state index in [0.717, 1.165) is 6.42 Å². The number of allylic oxidation sites excluding steroid dienone is 4. The van der Waals surface area contributed by atoms with Gasteiger partial charge in [0.1, 0.15) is 0 Å². The number of hydrogen-bond acceptors (Lipinski definition) is 0. The Balaban J connectivity index is -0.0000000406. The standard InChI is InChI=1S/C5H5.3C2H5.Er/c1-2-4-5-3-1;3*1-2;/h1-3H,4H2;3*1H2,2H3;/q4*-1;. The van der Waals surface area contributed by atoms with Gasteiger partial charge in [-0.3, -0.25) is 6.08 Å². The first-order chi connectivity index (χ1) is 5.50. The predicted octanol–water partition coefficient (Wildman–Crippen LogP) is 3.83. The van der Waals surface area contributed by atoms with Gasteiger partial charge in [0.15, 0.2) is 0 Å². The summed E-state index contributed by atoms with van der Waals surface area (Å²) in [5.41, 5.74) is 0. The molecule has 12 heavy (non-hydrogen) atoms. The Kier molecular flexibility index (Phi) is 78.8. The summed E-state index contributed by atoms with van der Waals surface area (Å²) in [7, 11) is 0. The smallest absolute Gasteiger partial charge is 0 e. The van der Waals surface area contributed by atoms with Crippen molar-refractivity contribution < 1.29 is 37.3 Å². The van der Waals surface area contributed by atoms with Crippen molar-refractivity contribution in [3.8, 4) is 0 Å². The Morgan fingerprint density at radius 1 is 1.00 bits per heavy atom. The molecule has 0 aromatic heterocycles. The molecule has 0 radical (unpaired) electrons. The van der Waals surface area contributed by atoms with Gasteiger partial charge in [0.25, 0.3) is 0 Å². The van der Waals surface area contributed by atoms with Gasteiger partial charge in [-0.2, -0.15) is 26.8 Å². The van der Waals surface area contributed by atoms with Crippen molar-refractivity contribution in [1.29, 1.82) is 0 Å². The van der Waals surface area contributed by atoms with Crippen LogP contribution in [0.25, 0.3) is 0 Å². The number of hydrogen-bond donors (Lipinski definition) is 0. The van der Waals surface area contributed by atoms with Gasteiger partial charge in [0.2, 0.25) is 0 Å². The van der Waals surface area contributed by atoms with E-state index in [1.54, 1.807) is 20.8 Å². The minimum Gasteiger partial charge on any atom is -0.346 e. The van der Waals surface area contributed by atoms with Crippen LogP contribution in [0.5, 0.6) is 0 Å². The molecule has 0 saturated heterocycles. The summed E-state index contributed by atoms with van der Waals surface area (Å²) >= 11 is 0. The van der Waals surface area contributed by atoms with Gasteiger partial charge in [-0.05, 0) is 0 Å². The van der Waals surface area contributed by atoms with Crippen molar-refractivity contribution in [1.82, 2.24) is 0 Å². The van der Waals surface area contributed by atoms with Crippen molar-refractivity contribution in [2.24, 2.45) is 0 Å². The Bertz CT molecular complexity index is 63.1. The predicted molar refractivity (Wildman–Crippen MR) is 54.7 cm³/mol. The van der Waals surface area contributed by atoms with Crippen LogP contribution < -0.4 is 0 Å². The zero-order valence-corrected chi connectivity index (χ0v) is 10.2. The van der Waals surface area contributed by atoms with E-state index in [-0.39, 0.29) is 37.3 Å². The average molecular weight is 320 g/mol. The molecule has 1 aliphatic rings. The van der Waals surface area contributed by atoms with Crippen LogP contribution >= 0.6 is 0 Å². The van der Waals surface area contributed by atoms with Gasteiger partial charge < -0.3 is 20.8 Å². The fraction of sp³-hybridized carbons (Fsp3) is 0.364. The summed E-state index contributed by atoms with van der Waals surface area (Å²) in [6.45, 7) is 15.0. The van der Waals surface area contributed by atoms with Crippen LogP contribution in [0.4, 0.5) is 0 Å². The first kappa shape index (κ1) is 23.0. The van der Waals surface area contributed by atoms with E-state index in [2.05, 4.69) is 32.9 Å². The van der Waals surface area contributed by atoms with E-state index in [4.69, 9.17) is 0 Å². The first-order valence-corrected chi connectivity index (χ1v) is 3.84. The Hall–Kier alpha value is 0.727. The minimum absolute atomic E-state index is 0. The van der Waals surface area contributed by atoms with Gasteiger partial charge >= 0.3 is 0 Å². The Morgan fingerprint density at radius 2 is 1.42 bits per heavy atom. The van der Waals surface area contributed by atoms with E-state index >= 15 is 0 Å². The largest absolute Gasteiger partial charge is 0.346 e. The summed E-state index contributed by atoms with van der Waals surface area (Å²) in [5, 5.41) is 0. The maximum atomic E-state index is 3.25. The van der Waals surface area contributed by atoms with Crippen LogP contribution in [0.3, 0.4) is 0 Å². The monoisotopic (exact) mass is 318 g/mol. The van der Waals surface area contributed by atoms with Crippen molar-refractivity contribution in [3.63, 3.8) is 0 Å². The molecular formula is C11H20Er-4.